The highest BCUT2D eigenvalue weighted by Crippen LogP contribution is 2.39. The smallest absolute Gasteiger partial charge is 0.529 e. The van der Waals surface area contributed by atoms with Crippen LogP contribution in [0.1, 0.15) is 49.7 Å². The summed E-state index contributed by atoms with van der Waals surface area (Å²) in [6.07, 6.45) is 9.15. The molecule has 6 nitrogen and oxygen atoms in total. The van der Waals surface area contributed by atoms with Crippen molar-refractivity contribution in [3.8, 4) is 11.8 Å². The van der Waals surface area contributed by atoms with Crippen molar-refractivity contribution in [2.45, 2.75) is 38.5 Å². The van der Waals surface area contributed by atoms with E-state index in [0.29, 0.717) is 11.8 Å². The molecule has 0 saturated heterocycles. The molecule has 0 fully saturated rings. The Bertz CT molecular complexity index is 866. The summed E-state index contributed by atoms with van der Waals surface area (Å²) in [5.74, 6) is 3.07. The van der Waals surface area contributed by atoms with E-state index in [1.54, 1.807) is 26.6 Å². The molecule has 2 aromatic heterocycles. The van der Waals surface area contributed by atoms with Gasteiger partial charge in [-0.1, -0.05) is 0 Å². The molecule has 2 aliphatic carbocycles. The van der Waals surface area contributed by atoms with Crippen molar-refractivity contribution < 1.29 is 18.8 Å². The van der Waals surface area contributed by atoms with Gasteiger partial charge in [0.2, 0.25) is 11.8 Å². The lowest BCUT2D eigenvalue weighted by molar-refractivity contribution is 0.315. The Labute approximate surface area is 171 Å². The summed E-state index contributed by atoms with van der Waals surface area (Å²) < 4.78 is 22.7. The van der Waals surface area contributed by atoms with Crippen LogP contribution in [-0.2, 0) is 9.31 Å². The second-order valence-electron chi connectivity index (χ2n) is 6.96. The Kier molecular flexibility index (Phi) is 6.03. The number of aromatic nitrogens is 2. The Morgan fingerprint density at radius 2 is 1.21 bits per heavy atom. The van der Waals surface area contributed by atoms with Gasteiger partial charge in [0.25, 0.3) is 0 Å². The van der Waals surface area contributed by atoms with Crippen molar-refractivity contribution in [1.29, 1.82) is 0 Å². The van der Waals surface area contributed by atoms with E-state index in [1.165, 1.54) is 7.69 Å². The average Bonchev–Trinajstić information content (AvgIpc) is 3.43. The van der Waals surface area contributed by atoms with E-state index >= 15 is 0 Å². The van der Waals surface area contributed by atoms with E-state index in [9.17, 15) is 0 Å². The highest BCUT2D eigenvalue weighted by atomic mass is 16.6. The lowest BCUT2D eigenvalue weighted by Gasteiger charge is -2.14. The summed E-state index contributed by atoms with van der Waals surface area (Å²) in [6, 6.07) is 7.86. The van der Waals surface area contributed by atoms with Gasteiger partial charge >= 0.3 is 7.69 Å². The zero-order valence-corrected chi connectivity index (χ0v) is 16.8. The molecule has 1 radical (unpaired) electrons. The number of hydrogen-bond acceptors (Lipinski definition) is 6. The van der Waals surface area contributed by atoms with Crippen LogP contribution in [0.15, 0.2) is 48.2 Å². The van der Waals surface area contributed by atoms with Crippen molar-refractivity contribution in [3.63, 3.8) is 0 Å². The molecule has 0 amide bonds. The second-order valence-corrected chi connectivity index (χ2v) is 6.96. The van der Waals surface area contributed by atoms with Crippen molar-refractivity contribution in [3.05, 3.63) is 59.3 Å². The molecule has 0 saturated carbocycles. The van der Waals surface area contributed by atoms with Crippen LogP contribution >= 0.6 is 0 Å². The Morgan fingerprint density at radius 3 is 1.66 bits per heavy atom. The summed E-state index contributed by atoms with van der Waals surface area (Å²) >= 11 is 0. The molecule has 0 spiro atoms. The number of ether oxygens (including phenoxy) is 2. The number of allylic oxidation sites excluding steroid dienone is 4. The Morgan fingerprint density at radius 1 is 0.724 bits per heavy atom. The highest BCUT2D eigenvalue weighted by molar-refractivity contribution is 6.19. The second kappa shape index (κ2) is 9.03. The van der Waals surface area contributed by atoms with Gasteiger partial charge < -0.3 is 18.8 Å². The van der Waals surface area contributed by atoms with Gasteiger partial charge in [-0.3, -0.25) is 0 Å². The van der Waals surface area contributed by atoms with Crippen LogP contribution in [0.4, 0.5) is 0 Å². The third kappa shape index (κ3) is 4.09. The maximum atomic E-state index is 5.94. The van der Waals surface area contributed by atoms with E-state index in [0.717, 1.165) is 72.3 Å². The fraction of sp³-hybridized carbons (Fsp3) is 0.364. The quantitative estimate of drug-likeness (QED) is 0.616. The number of methoxy groups -OCH3 is 2. The highest BCUT2D eigenvalue weighted by Gasteiger charge is 2.24. The average molecular weight is 391 g/mol. The van der Waals surface area contributed by atoms with Crippen molar-refractivity contribution in [2.24, 2.45) is 0 Å². The SMILES string of the molecule is COc1ncccc1C1=C(O[B]OC2=C(c3cccnc3OC)CCC2)CCC1. The minimum absolute atomic E-state index is 0.621. The summed E-state index contributed by atoms with van der Waals surface area (Å²) in [5, 5.41) is 0. The number of pyridine rings is 2. The monoisotopic (exact) mass is 391 g/mol. The first-order valence-corrected chi connectivity index (χ1v) is 9.89. The van der Waals surface area contributed by atoms with Gasteiger partial charge in [0.1, 0.15) is 0 Å². The molecule has 0 N–H and O–H groups in total. The van der Waals surface area contributed by atoms with Crippen molar-refractivity contribution >= 4 is 18.8 Å². The maximum Gasteiger partial charge on any atom is 0.657 e. The first-order chi connectivity index (χ1) is 14.3. The van der Waals surface area contributed by atoms with Crippen molar-refractivity contribution in [2.75, 3.05) is 14.2 Å². The summed E-state index contributed by atoms with van der Waals surface area (Å²) in [5.41, 5.74) is 4.22. The zero-order valence-electron chi connectivity index (χ0n) is 16.8. The summed E-state index contributed by atoms with van der Waals surface area (Å²) in [7, 11) is 4.73. The van der Waals surface area contributed by atoms with E-state index in [4.69, 9.17) is 18.8 Å². The van der Waals surface area contributed by atoms with E-state index in [2.05, 4.69) is 9.97 Å². The molecule has 149 valence electrons. The molecular formula is C22H24BN2O4. The van der Waals surface area contributed by atoms with Gasteiger partial charge in [0.15, 0.2) is 0 Å². The lowest BCUT2D eigenvalue weighted by atomic mass is 10.1. The third-order valence-corrected chi connectivity index (χ3v) is 5.29. The molecule has 2 heterocycles. The molecule has 4 rings (SSSR count). The first kappa shape index (κ1) is 19.4. The maximum absolute atomic E-state index is 5.94. The minimum Gasteiger partial charge on any atom is -0.529 e. The van der Waals surface area contributed by atoms with Gasteiger partial charge in [-0.25, -0.2) is 9.97 Å². The van der Waals surface area contributed by atoms with E-state index in [-0.39, 0.29) is 0 Å². The molecule has 0 aliphatic heterocycles. The first-order valence-electron chi connectivity index (χ1n) is 9.89. The Balaban J connectivity index is 1.49. The number of hydrogen-bond donors (Lipinski definition) is 0. The largest absolute Gasteiger partial charge is 0.657 e. The molecule has 2 aliphatic rings. The van der Waals surface area contributed by atoms with Gasteiger partial charge in [-0.2, -0.15) is 0 Å². The van der Waals surface area contributed by atoms with E-state index < -0.39 is 0 Å². The normalized spacial score (nSPS) is 16.2. The van der Waals surface area contributed by atoms with Crippen LogP contribution in [0.5, 0.6) is 11.8 Å². The fourth-order valence-electron chi connectivity index (χ4n) is 3.97. The topological polar surface area (TPSA) is 62.7 Å². The van der Waals surface area contributed by atoms with Gasteiger partial charge in [0, 0.05) is 47.5 Å². The molecule has 2 aromatic rings. The zero-order chi connectivity index (χ0) is 20.1. The van der Waals surface area contributed by atoms with Gasteiger partial charge in [-0.15, -0.1) is 0 Å². The molecular weight excluding hydrogens is 367 g/mol. The van der Waals surface area contributed by atoms with Crippen molar-refractivity contribution in [1.82, 2.24) is 9.97 Å². The number of nitrogens with zero attached hydrogens (tertiary/aromatic N) is 2. The molecule has 7 heteroatoms. The molecule has 0 unspecified atom stereocenters. The molecule has 0 atom stereocenters. The predicted molar refractivity (Wildman–Crippen MR) is 111 cm³/mol. The summed E-state index contributed by atoms with van der Waals surface area (Å²) in [6.45, 7) is 0. The lowest BCUT2D eigenvalue weighted by Crippen LogP contribution is -2.05. The van der Waals surface area contributed by atoms with Crippen LogP contribution in [0.3, 0.4) is 0 Å². The van der Waals surface area contributed by atoms with Crippen LogP contribution in [0.25, 0.3) is 11.1 Å². The minimum atomic E-state index is 0.621. The van der Waals surface area contributed by atoms with Crippen LogP contribution < -0.4 is 9.47 Å². The molecule has 0 bridgehead atoms. The Hall–Kier alpha value is -2.96. The molecule has 29 heavy (non-hydrogen) atoms. The van der Waals surface area contributed by atoms with E-state index in [1.807, 2.05) is 24.3 Å². The van der Waals surface area contributed by atoms with Gasteiger partial charge in [-0.05, 0) is 49.9 Å². The van der Waals surface area contributed by atoms with Gasteiger partial charge in [0.05, 0.1) is 25.7 Å². The fourth-order valence-corrected chi connectivity index (χ4v) is 3.97. The van der Waals surface area contributed by atoms with Crippen LogP contribution in [0, 0.1) is 0 Å². The molecule has 0 aromatic carbocycles. The standard InChI is InChI=1S/C22H24BN2O4/c1-26-21-17(9-5-13-24-21)15-7-3-11-19(15)28-23-29-20-12-4-8-16(20)18-10-6-14-25-22(18)27-2/h5-6,9-10,13-14H,3-4,7-8,11-12H2,1-2H3. The van der Waals surface area contributed by atoms with Crippen LogP contribution in [-0.4, -0.2) is 31.9 Å². The third-order valence-electron chi connectivity index (χ3n) is 5.29. The van der Waals surface area contributed by atoms with Crippen LogP contribution in [0.2, 0.25) is 0 Å². The predicted octanol–water partition coefficient (Wildman–Crippen LogP) is 4.55. The number of rotatable bonds is 8. The summed E-state index contributed by atoms with van der Waals surface area (Å²) in [4.78, 5) is 8.60.